The summed E-state index contributed by atoms with van der Waals surface area (Å²) < 4.78 is 5.51. The summed E-state index contributed by atoms with van der Waals surface area (Å²) >= 11 is 0. The highest BCUT2D eigenvalue weighted by atomic mass is 16.5. The Balaban J connectivity index is 3.35. The van der Waals surface area contributed by atoms with Crippen LogP contribution in [0.3, 0.4) is 0 Å². The number of allylic oxidation sites excluding steroid dienone is 4. The minimum Gasteiger partial charge on any atom is -0.466 e. The van der Waals surface area contributed by atoms with Gasteiger partial charge in [0.05, 0.1) is 25.4 Å². The summed E-state index contributed by atoms with van der Waals surface area (Å²) in [5, 5.41) is 23.3. The number of hydrogen-bond acceptors (Lipinski definition) is 5. The second-order valence-corrected chi connectivity index (χ2v) is 26.7. The minimum absolute atomic E-state index is 0.0199. The molecule has 0 radical (unpaired) electrons. The van der Waals surface area contributed by atoms with E-state index in [4.69, 9.17) is 4.74 Å². The molecular weight excluding hydrogens is 1030 g/mol. The first kappa shape index (κ1) is 82.3. The third-order valence-electron chi connectivity index (χ3n) is 18.3. The number of carbonyl (C=O) groups is 2. The molecule has 0 aliphatic rings. The SMILES string of the molecule is CCCCCCCCCCCCCCCCCCCCCC(=O)OCCCCCCCCCCC/C=C\C/C=C\CCCCCCCCCCCCCCCCCCCC(=O)NC(CO)C(O)CCCCCCCCCCCCCCCCC. The van der Waals surface area contributed by atoms with E-state index in [1.165, 1.54) is 360 Å². The second-order valence-electron chi connectivity index (χ2n) is 26.7. The number of carbonyl (C=O) groups excluding carboxylic acids is 2. The molecule has 498 valence electrons. The van der Waals surface area contributed by atoms with Crippen LogP contribution in [0.5, 0.6) is 0 Å². The van der Waals surface area contributed by atoms with E-state index >= 15 is 0 Å². The highest BCUT2D eigenvalue weighted by Gasteiger charge is 2.20. The fourth-order valence-electron chi connectivity index (χ4n) is 12.4. The van der Waals surface area contributed by atoms with E-state index in [0.717, 1.165) is 44.9 Å². The Bertz CT molecular complexity index is 1320. The molecule has 2 atom stereocenters. The van der Waals surface area contributed by atoms with Gasteiger partial charge in [-0.3, -0.25) is 9.59 Å². The molecule has 0 bridgehead atoms. The topological polar surface area (TPSA) is 95.9 Å². The predicted molar refractivity (Wildman–Crippen MR) is 370 cm³/mol. The number of unbranched alkanes of at least 4 members (excludes halogenated alkanes) is 58. The first-order chi connectivity index (χ1) is 41.5. The maximum Gasteiger partial charge on any atom is 0.305 e. The largest absolute Gasteiger partial charge is 0.466 e. The molecule has 84 heavy (non-hydrogen) atoms. The third kappa shape index (κ3) is 69.4. The molecule has 3 N–H and O–H groups in total. The standard InChI is InChI=1S/C78H151NO5/c1-3-5-7-9-11-13-15-17-19-20-36-40-44-48-52-56-60-64-68-72-78(83)84-73-69-65-61-57-53-49-45-41-38-35-33-31-29-27-25-23-21-22-24-26-28-30-32-34-37-39-43-47-51-55-59-63-67-71-77(82)79-75(74-80)76(81)70-66-62-58-54-50-46-42-18-16-14-12-10-8-6-4-2/h25,27,31,33,75-76,80-81H,3-24,26,28-30,32,34-74H2,1-2H3,(H,79,82)/b27-25-,33-31-. The number of aliphatic hydroxyl groups is 2. The van der Waals surface area contributed by atoms with E-state index in [-0.39, 0.29) is 18.5 Å². The zero-order valence-corrected chi connectivity index (χ0v) is 57.2. The van der Waals surface area contributed by atoms with Gasteiger partial charge in [0.25, 0.3) is 0 Å². The van der Waals surface area contributed by atoms with Gasteiger partial charge in [-0.2, -0.15) is 0 Å². The summed E-state index contributed by atoms with van der Waals surface area (Å²) in [7, 11) is 0. The highest BCUT2D eigenvalue weighted by Crippen LogP contribution is 2.20. The van der Waals surface area contributed by atoms with Gasteiger partial charge in [-0.15, -0.1) is 0 Å². The van der Waals surface area contributed by atoms with Gasteiger partial charge >= 0.3 is 5.97 Å². The van der Waals surface area contributed by atoms with E-state index in [0.29, 0.717) is 25.9 Å². The number of rotatable bonds is 73. The lowest BCUT2D eigenvalue weighted by atomic mass is 10.0. The van der Waals surface area contributed by atoms with Gasteiger partial charge < -0.3 is 20.3 Å². The van der Waals surface area contributed by atoms with E-state index in [2.05, 4.69) is 43.5 Å². The highest BCUT2D eigenvalue weighted by molar-refractivity contribution is 5.76. The summed E-state index contributed by atoms with van der Waals surface area (Å²) in [5.74, 6) is -0.00981. The van der Waals surface area contributed by atoms with Crippen LogP contribution in [0.4, 0.5) is 0 Å². The lowest BCUT2D eigenvalue weighted by Gasteiger charge is -2.22. The van der Waals surface area contributed by atoms with Gasteiger partial charge in [-0.1, -0.05) is 391 Å². The molecule has 0 aromatic heterocycles. The van der Waals surface area contributed by atoms with Crippen LogP contribution in [-0.2, 0) is 14.3 Å². The van der Waals surface area contributed by atoms with Crippen LogP contribution in [0.1, 0.15) is 438 Å². The number of nitrogens with one attached hydrogen (secondary N) is 1. The van der Waals surface area contributed by atoms with Gasteiger partial charge in [-0.25, -0.2) is 0 Å². The lowest BCUT2D eigenvalue weighted by molar-refractivity contribution is -0.143. The zero-order valence-electron chi connectivity index (χ0n) is 57.2. The lowest BCUT2D eigenvalue weighted by Crippen LogP contribution is -2.45. The number of ether oxygens (including phenoxy) is 1. The Morgan fingerprint density at radius 3 is 0.905 bits per heavy atom. The number of aliphatic hydroxyl groups excluding tert-OH is 2. The van der Waals surface area contributed by atoms with Crippen LogP contribution < -0.4 is 5.32 Å². The Morgan fingerprint density at radius 1 is 0.333 bits per heavy atom. The molecule has 0 aromatic rings. The molecule has 0 aromatic carbocycles. The van der Waals surface area contributed by atoms with Crippen LogP contribution >= 0.6 is 0 Å². The molecule has 0 saturated carbocycles. The first-order valence-electron chi connectivity index (χ1n) is 38.6. The summed E-state index contributed by atoms with van der Waals surface area (Å²) in [6.45, 7) is 5.00. The molecule has 0 fully saturated rings. The summed E-state index contributed by atoms with van der Waals surface area (Å²) in [5.41, 5.74) is 0. The number of esters is 1. The summed E-state index contributed by atoms with van der Waals surface area (Å²) in [6, 6.07) is -0.540. The molecule has 0 aliphatic heterocycles. The third-order valence-corrected chi connectivity index (χ3v) is 18.3. The van der Waals surface area contributed by atoms with Crippen molar-refractivity contribution in [1.82, 2.24) is 5.32 Å². The first-order valence-corrected chi connectivity index (χ1v) is 38.6. The van der Waals surface area contributed by atoms with Crippen molar-refractivity contribution in [3.8, 4) is 0 Å². The Hall–Kier alpha value is -1.66. The molecule has 6 heteroatoms. The molecule has 0 rings (SSSR count). The predicted octanol–water partition coefficient (Wildman–Crippen LogP) is 25.3. The molecule has 0 heterocycles. The zero-order chi connectivity index (χ0) is 60.6. The molecular formula is C78H151NO5. The van der Waals surface area contributed by atoms with Crippen molar-refractivity contribution in [3.05, 3.63) is 24.3 Å². The fraction of sp³-hybridized carbons (Fsp3) is 0.923. The van der Waals surface area contributed by atoms with E-state index in [1.807, 2.05) is 0 Å². The monoisotopic (exact) mass is 1180 g/mol. The smallest absolute Gasteiger partial charge is 0.305 e. The van der Waals surface area contributed by atoms with Crippen LogP contribution in [-0.4, -0.2) is 47.4 Å². The van der Waals surface area contributed by atoms with E-state index in [9.17, 15) is 19.8 Å². The quantitative estimate of drug-likeness (QED) is 0.0320. The molecule has 0 saturated heterocycles. The Kier molecular flexibility index (Phi) is 72.3. The number of amides is 1. The van der Waals surface area contributed by atoms with Crippen molar-refractivity contribution in [3.63, 3.8) is 0 Å². The molecule has 0 spiro atoms. The molecule has 2 unspecified atom stereocenters. The fourth-order valence-corrected chi connectivity index (χ4v) is 12.4. The minimum atomic E-state index is -0.663. The van der Waals surface area contributed by atoms with Gasteiger partial charge in [0.1, 0.15) is 0 Å². The van der Waals surface area contributed by atoms with Crippen molar-refractivity contribution in [1.29, 1.82) is 0 Å². The average Bonchev–Trinajstić information content (AvgIpc) is 3.53. The molecule has 6 nitrogen and oxygen atoms in total. The van der Waals surface area contributed by atoms with Gasteiger partial charge in [0, 0.05) is 12.8 Å². The average molecular weight is 1180 g/mol. The Labute approximate surface area is 526 Å². The van der Waals surface area contributed by atoms with Gasteiger partial charge in [0.15, 0.2) is 0 Å². The van der Waals surface area contributed by atoms with Crippen LogP contribution in [0.2, 0.25) is 0 Å². The Morgan fingerprint density at radius 2 is 0.595 bits per heavy atom. The van der Waals surface area contributed by atoms with Crippen molar-refractivity contribution < 1.29 is 24.5 Å². The summed E-state index contributed by atoms with van der Waals surface area (Å²) in [6.07, 6.45) is 94.0. The van der Waals surface area contributed by atoms with Gasteiger partial charge in [-0.05, 0) is 57.8 Å². The normalized spacial score (nSPS) is 12.6. The van der Waals surface area contributed by atoms with Crippen LogP contribution in [0.15, 0.2) is 24.3 Å². The van der Waals surface area contributed by atoms with E-state index in [1.54, 1.807) is 0 Å². The van der Waals surface area contributed by atoms with Crippen molar-refractivity contribution in [2.45, 2.75) is 450 Å². The maximum absolute atomic E-state index is 12.5. The molecule has 0 aliphatic carbocycles. The van der Waals surface area contributed by atoms with Crippen molar-refractivity contribution in [2.75, 3.05) is 13.2 Å². The maximum atomic E-state index is 12.5. The second kappa shape index (κ2) is 73.8. The van der Waals surface area contributed by atoms with Crippen molar-refractivity contribution >= 4 is 11.9 Å². The molecule has 1 amide bonds. The number of hydrogen-bond donors (Lipinski definition) is 3. The van der Waals surface area contributed by atoms with Gasteiger partial charge in [0.2, 0.25) is 5.91 Å². The van der Waals surface area contributed by atoms with Crippen LogP contribution in [0.25, 0.3) is 0 Å². The van der Waals surface area contributed by atoms with Crippen molar-refractivity contribution in [2.24, 2.45) is 0 Å². The summed E-state index contributed by atoms with van der Waals surface area (Å²) in [4.78, 5) is 24.6. The van der Waals surface area contributed by atoms with E-state index < -0.39 is 12.1 Å². The van der Waals surface area contributed by atoms with Crippen LogP contribution in [0, 0.1) is 0 Å².